The van der Waals surface area contributed by atoms with Crippen LogP contribution in [0.15, 0.2) is 16.7 Å². The molecule has 0 saturated carbocycles. The average molecular weight is 327 g/mol. The molecule has 0 aliphatic rings. The number of hydrogen-bond acceptors (Lipinski definition) is 4. The summed E-state index contributed by atoms with van der Waals surface area (Å²) in [6.45, 7) is 1.90. The number of carbonyl (C=O) groups excluding carboxylic acids is 1. The van der Waals surface area contributed by atoms with E-state index in [1.807, 2.05) is 6.07 Å². The number of imidazole rings is 1. The van der Waals surface area contributed by atoms with E-state index in [9.17, 15) is 4.79 Å². The Morgan fingerprint density at radius 2 is 2.42 bits per heavy atom. The summed E-state index contributed by atoms with van der Waals surface area (Å²) < 4.78 is 0.880. The van der Waals surface area contributed by atoms with Crippen LogP contribution in [0.4, 0.5) is 0 Å². The van der Waals surface area contributed by atoms with E-state index in [1.54, 1.807) is 13.1 Å². The molecule has 2 heterocycles. The Hall–Kier alpha value is -1.47. The van der Waals surface area contributed by atoms with Gasteiger partial charge in [0.15, 0.2) is 5.65 Å². The minimum atomic E-state index is -0.531. The molecule has 3 N–H and O–H groups in total. The number of aliphatic hydroxyl groups is 1. The molecule has 0 unspecified atom stereocenters. The molecule has 2 aromatic rings. The van der Waals surface area contributed by atoms with Gasteiger partial charge in [-0.25, -0.2) is 9.97 Å². The lowest BCUT2D eigenvalue weighted by atomic mass is 10.3. The Morgan fingerprint density at radius 3 is 3.16 bits per heavy atom. The van der Waals surface area contributed by atoms with Crippen LogP contribution in [0.5, 0.6) is 0 Å². The van der Waals surface area contributed by atoms with Crippen molar-refractivity contribution < 1.29 is 9.90 Å². The molecule has 2 aromatic heterocycles. The zero-order chi connectivity index (χ0) is 13.8. The molecule has 0 spiro atoms. The van der Waals surface area contributed by atoms with Crippen LogP contribution in [0.3, 0.4) is 0 Å². The molecule has 0 saturated heterocycles. The standard InChI is InChI=1S/C12H15BrN4O2/c1-7(18)5-14-11(19)3-2-10-16-9-4-8(13)6-15-12(9)17-10/h4,6-7,18H,2-3,5H2,1H3,(H,14,19)(H,15,16,17)/t7-/m1/s1. The van der Waals surface area contributed by atoms with Gasteiger partial charge in [0.1, 0.15) is 5.82 Å². The van der Waals surface area contributed by atoms with E-state index in [2.05, 4.69) is 36.2 Å². The highest BCUT2D eigenvalue weighted by Crippen LogP contribution is 2.15. The number of nitrogens with one attached hydrogen (secondary N) is 2. The monoisotopic (exact) mass is 326 g/mol. The van der Waals surface area contributed by atoms with E-state index < -0.39 is 6.10 Å². The fourth-order valence-corrected chi connectivity index (χ4v) is 1.96. The van der Waals surface area contributed by atoms with Crippen LogP contribution in [0.25, 0.3) is 11.2 Å². The second kappa shape index (κ2) is 6.12. The predicted octanol–water partition coefficient (Wildman–Crippen LogP) is 1.15. The van der Waals surface area contributed by atoms with Crippen LogP contribution >= 0.6 is 15.9 Å². The van der Waals surface area contributed by atoms with E-state index in [4.69, 9.17) is 5.11 Å². The van der Waals surface area contributed by atoms with E-state index in [-0.39, 0.29) is 12.5 Å². The number of nitrogens with zero attached hydrogens (tertiary/aromatic N) is 2. The number of hydrogen-bond donors (Lipinski definition) is 3. The Morgan fingerprint density at radius 1 is 1.63 bits per heavy atom. The lowest BCUT2D eigenvalue weighted by Gasteiger charge is -2.05. The van der Waals surface area contributed by atoms with Crippen molar-refractivity contribution in [3.63, 3.8) is 0 Å². The summed E-state index contributed by atoms with van der Waals surface area (Å²) in [5.74, 6) is 0.628. The number of aromatic amines is 1. The molecule has 0 aliphatic carbocycles. The third-order valence-corrected chi connectivity index (χ3v) is 2.97. The SMILES string of the molecule is C[C@@H](O)CNC(=O)CCc1nc2ncc(Br)cc2[nH]1. The van der Waals surface area contributed by atoms with Crippen molar-refractivity contribution in [3.8, 4) is 0 Å². The fraction of sp³-hybridized carbons (Fsp3) is 0.417. The zero-order valence-corrected chi connectivity index (χ0v) is 12.1. The first-order valence-corrected chi connectivity index (χ1v) is 6.79. The normalized spacial score (nSPS) is 12.6. The van der Waals surface area contributed by atoms with Gasteiger partial charge in [-0.15, -0.1) is 0 Å². The largest absolute Gasteiger partial charge is 0.392 e. The van der Waals surface area contributed by atoms with E-state index >= 15 is 0 Å². The minimum absolute atomic E-state index is 0.101. The van der Waals surface area contributed by atoms with Crippen LogP contribution < -0.4 is 5.32 Å². The number of fused-ring (bicyclic) bond motifs is 1. The molecule has 1 atom stereocenters. The molecule has 0 aliphatic heterocycles. The molecule has 0 radical (unpaired) electrons. The first-order valence-electron chi connectivity index (χ1n) is 5.99. The molecular formula is C12H15BrN4O2. The van der Waals surface area contributed by atoms with Crippen LogP contribution in [0.2, 0.25) is 0 Å². The van der Waals surface area contributed by atoms with Gasteiger partial charge < -0.3 is 15.4 Å². The van der Waals surface area contributed by atoms with Gasteiger partial charge in [-0.3, -0.25) is 4.79 Å². The summed E-state index contributed by atoms with van der Waals surface area (Å²) >= 11 is 3.34. The van der Waals surface area contributed by atoms with Gasteiger partial charge in [0.25, 0.3) is 0 Å². The quantitative estimate of drug-likeness (QED) is 0.768. The van der Waals surface area contributed by atoms with Gasteiger partial charge in [0.05, 0.1) is 11.6 Å². The fourth-order valence-electron chi connectivity index (χ4n) is 1.62. The Balaban J connectivity index is 1.92. The lowest BCUT2D eigenvalue weighted by molar-refractivity contribution is -0.121. The summed E-state index contributed by atoms with van der Waals surface area (Å²) in [5.41, 5.74) is 1.48. The highest BCUT2D eigenvalue weighted by molar-refractivity contribution is 9.10. The van der Waals surface area contributed by atoms with Crippen molar-refractivity contribution >= 4 is 33.0 Å². The summed E-state index contributed by atoms with van der Waals surface area (Å²) in [6.07, 6.45) is 1.99. The minimum Gasteiger partial charge on any atom is -0.392 e. The average Bonchev–Trinajstić information content (AvgIpc) is 2.75. The summed E-state index contributed by atoms with van der Waals surface area (Å²) in [6, 6.07) is 1.90. The number of aromatic nitrogens is 3. The van der Waals surface area contributed by atoms with Crippen molar-refractivity contribution in [1.82, 2.24) is 20.3 Å². The van der Waals surface area contributed by atoms with Crippen molar-refractivity contribution in [2.24, 2.45) is 0 Å². The molecule has 7 heteroatoms. The van der Waals surface area contributed by atoms with Crippen molar-refractivity contribution in [1.29, 1.82) is 0 Å². The first kappa shape index (κ1) is 14.0. The van der Waals surface area contributed by atoms with E-state index in [0.717, 1.165) is 15.8 Å². The Bertz CT molecular complexity index is 582. The van der Waals surface area contributed by atoms with Crippen LogP contribution in [0, 0.1) is 0 Å². The van der Waals surface area contributed by atoms with Gasteiger partial charge in [-0.1, -0.05) is 0 Å². The Kier molecular flexibility index (Phi) is 4.49. The zero-order valence-electron chi connectivity index (χ0n) is 10.5. The molecule has 6 nitrogen and oxygen atoms in total. The molecule has 0 bridgehead atoms. The van der Waals surface area contributed by atoms with Crippen molar-refractivity contribution in [3.05, 3.63) is 22.6 Å². The van der Waals surface area contributed by atoms with Gasteiger partial charge in [-0.05, 0) is 28.9 Å². The topological polar surface area (TPSA) is 90.9 Å². The highest BCUT2D eigenvalue weighted by atomic mass is 79.9. The van der Waals surface area contributed by atoms with Crippen LogP contribution in [-0.2, 0) is 11.2 Å². The molecule has 1 amide bonds. The molecule has 2 rings (SSSR count). The van der Waals surface area contributed by atoms with Gasteiger partial charge in [-0.2, -0.15) is 0 Å². The number of aliphatic hydroxyl groups excluding tert-OH is 1. The van der Waals surface area contributed by atoms with Gasteiger partial charge in [0.2, 0.25) is 5.91 Å². The number of carbonyl (C=O) groups is 1. The third-order valence-electron chi connectivity index (χ3n) is 2.54. The van der Waals surface area contributed by atoms with Crippen LogP contribution in [-0.4, -0.2) is 38.6 Å². The van der Waals surface area contributed by atoms with E-state index in [0.29, 0.717) is 18.5 Å². The number of rotatable bonds is 5. The highest BCUT2D eigenvalue weighted by Gasteiger charge is 2.08. The maximum atomic E-state index is 11.5. The number of amides is 1. The molecule has 102 valence electrons. The Labute approximate surface area is 118 Å². The number of pyridine rings is 1. The maximum Gasteiger partial charge on any atom is 0.220 e. The predicted molar refractivity (Wildman–Crippen MR) is 74.6 cm³/mol. The third kappa shape index (κ3) is 4.00. The van der Waals surface area contributed by atoms with Gasteiger partial charge >= 0.3 is 0 Å². The number of aryl methyl sites for hydroxylation is 1. The summed E-state index contributed by atoms with van der Waals surface area (Å²) in [7, 11) is 0. The maximum absolute atomic E-state index is 11.5. The van der Waals surface area contributed by atoms with Crippen molar-refractivity contribution in [2.45, 2.75) is 25.9 Å². The molecular weight excluding hydrogens is 312 g/mol. The van der Waals surface area contributed by atoms with Crippen LogP contribution in [0.1, 0.15) is 19.2 Å². The smallest absolute Gasteiger partial charge is 0.220 e. The number of H-pyrrole nitrogens is 1. The van der Waals surface area contributed by atoms with E-state index in [1.165, 1.54) is 0 Å². The molecule has 0 fully saturated rings. The second-order valence-electron chi connectivity index (χ2n) is 4.36. The number of halogens is 1. The molecule has 0 aromatic carbocycles. The first-order chi connectivity index (χ1) is 9.04. The van der Waals surface area contributed by atoms with Crippen molar-refractivity contribution in [2.75, 3.05) is 6.54 Å². The summed E-state index contributed by atoms with van der Waals surface area (Å²) in [5, 5.41) is 11.7. The lowest BCUT2D eigenvalue weighted by Crippen LogP contribution is -2.30. The van der Waals surface area contributed by atoms with Gasteiger partial charge in [0, 0.05) is 30.1 Å². The molecule has 19 heavy (non-hydrogen) atoms. The second-order valence-corrected chi connectivity index (χ2v) is 5.28. The summed E-state index contributed by atoms with van der Waals surface area (Å²) in [4.78, 5) is 23.1.